The topological polar surface area (TPSA) is 152 Å². The molecule has 2 aliphatic heterocycles. The van der Waals surface area contributed by atoms with E-state index in [0.717, 1.165) is 52.0 Å². The third kappa shape index (κ3) is 13.6. The van der Waals surface area contributed by atoms with Gasteiger partial charge in [-0.05, 0) is 58.0 Å². The number of epoxide rings is 1. The van der Waals surface area contributed by atoms with Gasteiger partial charge in [0, 0.05) is 32.6 Å². The number of amides is 4. The summed E-state index contributed by atoms with van der Waals surface area (Å²) in [5.74, 6) is -1.54. The highest BCUT2D eigenvalue weighted by atomic mass is 16.6. The summed E-state index contributed by atoms with van der Waals surface area (Å²) < 4.78 is 5.25. The number of rotatable bonds is 19. The smallest absolute Gasteiger partial charge is 0.243 e. The Labute approximate surface area is 251 Å². The van der Waals surface area contributed by atoms with Gasteiger partial charge in [0.1, 0.15) is 11.6 Å². The lowest BCUT2D eigenvalue weighted by atomic mass is 9.93. The first kappa shape index (κ1) is 35.6. The highest BCUT2D eigenvalue weighted by Gasteiger charge is 2.50. The number of carbonyl (C=O) groups excluding carboxylic acids is 5. The monoisotopic (exact) mass is 594 g/mol. The lowest BCUT2D eigenvalue weighted by Crippen LogP contribution is -2.53. The minimum Gasteiger partial charge on any atom is -0.361 e. The molecule has 12 heteroatoms. The minimum atomic E-state index is -0.858. The first-order chi connectivity index (χ1) is 19.8. The van der Waals surface area contributed by atoms with Crippen LogP contribution in [0.1, 0.15) is 73.1 Å². The van der Waals surface area contributed by atoms with Crippen molar-refractivity contribution in [2.75, 3.05) is 59.5 Å². The molecular weight excluding hydrogens is 540 g/mol. The van der Waals surface area contributed by atoms with E-state index in [0.29, 0.717) is 25.9 Å². The Balaban J connectivity index is 1.70. The normalized spacial score (nSPS) is 20.6. The van der Waals surface area contributed by atoms with Crippen LogP contribution in [0.5, 0.6) is 0 Å². The van der Waals surface area contributed by atoms with E-state index in [2.05, 4.69) is 38.1 Å². The van der Waals surface area contributed by atoms with Gasteiger partial charge in [0.05, 0.1) is 25.7 Å². The van der Waals surface area contributed by atoms with Gasteiger partial charge in [-0.15, -0.1) is 0 Å². The number of ether oxygens (including phenoxy) is 1. The molecule has 2 heterocycles. The molecule has 2 aliphatic rings. The lowest BCUT2D eigenvalue weighted by Gasteiger charge is -2.32. The Kier molecular flexibility index (Phi) is 14.9. The van der Waals surface area contributed by atoms with E-state index in [1.165, 1.54) is 0 Å². The number of hydrogen-bond acceptors (Lipinski definition) is 8. The number of nitrogens with one attached hydrogen (secondary N) is 4. The molecular formula is C30H54N6O6. The van der Waals surface area contributed by atoms with Crippen LogP contribution in [0.2, 0.25) is 0 Å². The number of nitrogens with zero attached hydrogens (tertiary/aromatic N) is 2. The van der Waals surface area contributed by atoms with Gasteiger partial charge in [0.15, 0.2) is 5.78 Å². The summed E-state index contributed by atoms with van der Waals surface area (Å²) in [6.45, 7) is 14.7. The molecule has 240 valence electrons. The zero-order valence-corrected chi connectivity index (χ0v) is 26.6. The van der Waals surface area contributed by atoms with Gasteiger partial charge in [0.2, 0.25) is 23.6 Å². The summed E-state index contributed by atoms with van der Waals surface area (Å²) in [7, 11) is 2.14. The van der Waals surface area contributed by atoms with E-state index in [1.807, 2.05) is 27.7 Å². The molecule has 42 heavy (non-hydrogen) atoms. The Hall–Kier alpha value is -2.57. The molecule has 0 aromatic heterocycles. The second-order valence-electron chi connectivity index (χ2n) is 12.8. The number of Topliss-reactive ketones (excluding diaryl/α,β-unsaturated/α-hetero) is 1. The van der Waals surface area contributed by atoms with Gasteiger partial charge in [-0.25, -0.2) is 0 Å². The molecule has 0 saturated carbocycles. The van der Waals surface area contributed by atoms with Gasteiger partial charge in [-0.1, -0.05) is 34.1 Å². The summed E-state index contributed by atoms with van der Waals surface area (Å²) in [5.41, 5.74) is -0.858. The maximum atomic E-state index is 12.9. The third-order valence-corrected chi connectivity index (χ3v) is 7.66. The molecule has 0 aliphatic carbocycles. The minimum absolute atomic E-state index is 0.0997. The fraction of sp³-hybridized carbons (Fsp3) is 0.833. The van der Waals surface area contributed by atoms with Crippen LogP contribution in [0, 0.1) is 11.8 Å². The number of piperazine rings is 1. The van der Waals surface area contributed by atoms with Crippen LogP contribution in [0.4, 0.5) is 0 Å². The molecule has 0 bridgehead atoms. The molecule has 2 fully saturated rings. The number of carbonyl (C=O) groups is 5. The first-order valence-electron chi connectivity index (χ1n) is 15.5. The fourth-order valence-corrected chi connectivity index (χ4v) is 4.94. The molecule has 12 nitrogen and oxygen atoms in total. The Morgan fingerprint density at radius 3 is 1.88 bits per heavy atom. The largest absolute Gasteiger partial charge is 0.361 e. The summed E-state index contributed by atoms with van der Waals surface area (Å²) in [6.07, 6.45) is 3.94. The van der Waals surface area contributed by atoms with E-state index in [1.54, 1.807) is 6.92 Å². The maximum absolute atomic E-state index is 12.9. The molecule has 2 saturated heterocycles. The predicted molar refractivity (Wildman–Crippen MR) is 161 cm³/mol. The van der Waals surface area contributed by atoms with Crippen molar-refractivity contribution in [1.29, 1.82) is 0 Å². The molecule has 0 aromatic carbocycles. The molecule has 2 unspecified atom stereocenters. The van der Waals surface area contributed by atoms with Crippen LogP contribution in [0.3, 0.4) is 0 Å². The van der Waals surface area contributed by atoms with Crippen molar-refractivity contribution in [2.24, 2.45) is 11.8 Å². The van der Waals surface area contributed by atoms with Gasteiger partial charge in [-0.2, -0.15) is 0 Å². The van der Waals surface area contributed by atoms with Gasteiger partial charge < -0.3 is 35.8 Å². The summed E-state index contributed by atoms with van der Waals surface area (Å²) in [4.78, 5) is 67.8. The zero-order valence-electron chi connectivity index (χ0n) is 26.6. The van der Waals surface area contributed by atoms with Crippen LogP contribution < -0.4 is 21.3 Å². The second-order valence-corrected chi connectivity index (χ2v) is 12.8. The van der Waals surface area contributed by atoms with E-state index in [4.69, 9.17) is 4.74 Å². The van der Waals surface area contributed by atoms with Crippen molar-refractivity contribution in [3.05, 3.63) is 0 Å². The predicted octanol–water partition coefficient (Wildman–Crippen LogP) is 0.446. The van der Waals surface area contributed by atoms with Crippen molar-refractivity contribution >= 4 is 29.4 Å². The van der Waals surface area contributed by atoms with Crippen molar-refractivity contribution in [3.8, 4) is 0 Å². The van der Waals surface area contributed by atoms with E-state index in [9.17, 15) is 24.0 Å². The molecule has 0 spiro atoms. The van der Waals surface area contributed by atoms with E-state index < -0.39 is 35.4 Å². The number of ketones is 1. The molecule has 3 atom stereocenters. The molecule has 0 radical (unpaired) electrons. The third-order valence-electron chi connectivity index (χ3n) is 7.66. The molecule has 2 rings (SSSR count). The highest BCUT2D eigenvalue weighted by molar-refractivity contribution is 5.97. The quantitative estimate of drug-likeness (QED) is 0.124. The van der Waals surface area contributed by atoms with Crippen LogP contribution in [-0.4, -0.2) is 116 Å². The van der Waals surface area contributed by atoms with Crippen molar-refractivity contribution in [1.82, 2.24) is 31.1 Å². The fourth-order valence-electron chi connectivity index (χ4n) is 4.94. The zero-order chi connectivity index (χ0) is 31.3. The van der Waals surface area contributed by atoms with Gasteiger partial charge in [-0.3, -0.25) is 24.0 Å². The second kappa shape index (κ2) is 17.5. The Bertz CT molecular complexity index is 914. The van der Waals surface area contributed by atoms with Gasteiger partial charge in [0.25, 0.3) is 0 Å². The summed E-state index contributed by atoms with van der Waals surface area (Å²) >= 11 is 0. The maximum Gasteiger partial charge on any atom is 0.243 e. The number of hydrogen-bond donors (Lipinski definition) is 4. The number of likely N-dealkylation sites (N-methyl/N-ethyl adjacent to an activating group) is 1. The van der Waals surface area contributed by atoms with Crippen LogP contribution >= 0.6 is 0 Å². The Morgan fingerprint density at radius 2 is 1.31 bits per heavy atom. The average Bonchev–Trinajstić information content (AvgIpc) is 3.68. The van der Waals surface area contributed by atoms with Crippen molar-refractivity contribution in [3.63, 3.8) is 0 Å². The highest BCUT2D eigenvalue weighted by Crippen LogP contribution is 2.29. The van der Waals surface area contributed by atoms with Crippen LogP contribution in [-0.2, 0) is 28.7 Å². The van der Waals surface area contributed by atoms with E-state index >= 15 is 0 Å². The average molecular weight is 595 g/mol. The first-order valence-corrected chi connectivity index (χ1v) is 15.5. The van der Waals surface area contributed by atoms with Crippen LogP contribution in [0.15, 0.2) is 0 Å². The summed E-state index contributed by atoms with van der Waals surface area (Å²) in [6, 6.07) is -1.56. The van der Waals surface area contributed by atoms with E-state index in [-0.39, 0.29) is 36.6 Å². The van der Waals surface area contributed by atoms with Crippen molar-refractivity contribution in [2.45, 2.75) is 90.8 Å². The van der Waals surface area contributed by atoms with Crippen LogP contribution in [0.25, 0.3) is 0 Å². The van der Waals surface area contributed by atoms with Gasteiger partial charge >= 0.3 is 0 Å². The lowest BCUT2D eigenvalue weighted by molar-refractivity contribution is -0.132. The molecule has 4 N–H and O–H groups in total. The SMILES string of the molecule is CC(C)CC(NC(=O)CNC(=O)[C@H](CC(C)C)NC(=O)CNC(=O)CCCCCN1CCN(C)CC1)C(=O)C1(C)CO1. The standard InChI is InChI=1S/C30H54N6O6/c1-21(2)16-23(28(40)30(5)20-42-30)33-27(39)19-32-29(41)24(17-22(3)4)34-26(38)18-31-25(37)10-8-7-9-11-36-14-12-35(6)13-15-36/h21-24H,7-20H2,1-6H3,(H,31,37)(H,32,41)(H,33,39)(H,34,38)/t23?,24-,30?/m0/s1. The molecule has 4 amide bonds. The Morgan fingerprint density at radius 1 is 0.762 bits per heavy atom. The molecule has 0 aromatic rings. The summed E-state index contributed by atoms with van der Waals surface area (Å²) in [5, 5.41) is 10.6. The van der Waals surface area contributed by atoms with Crippen molar-refractivity contribution < 1.29 is 28.7 Å². The number of unbranched alkanes of at least 4 members (excludes halogenated alkanes) is 2.